The number of halogens is 1. The van der Waals surface area contributed by atoms with Gasteiger partial charge in [-0.05, 0) is 18.5 Å². The molecule has 0 atom stereocenters. The van der Waals surface area contributed by atoms with E-state index in [-0.39, 0.29) is 18.3 Å². The number of hydrogen-bond acceptors (Lipinski definition) is 4. The predicted octanol–water partition coefficient (Wildman–Crippen LogP) is 3.06. The lowest BCUT2D eigenvalue weighted by Crippen LogP contribution is -2.32. The monoisotopic (exact) mass is 353 g/mol. The van der Waals surface area contributed by atoms with E-state index in [0.717, 1.165) is 35.8 Å². The van der Waals surface area contributed by atoms with Gasteiger partial charge in [-0.2, -0.15) is 0 Å². The number of nitrogens with one attached hydrogen (secondary N) is 2. The van der Waals surface area contributed by atoms with Gasteiger partial charge in [-0.1, -0.05) is 38.1 Å². The van der Waals surface area contributed by atoms with Gasteiger partial charge in [0.05, 0.1) is 12.1 Å². The summed E-state index contributed by atoms with van der Waals surface area (Å²) in [6, 6.07) is 8.45. The minimum atomic E-state index is 0. The van der Waals surface area contributed by atoms with Gasteiger partial charge in [0, 0.05) is 24.0 Å². The first-order valence-corrected chi connectivity index (χ1v) is 8.62. The van der Waals surface area contributed by atoms with Crippen LogP contribution >= 0.6 is 23.7 Å². The highest BCUT2D eigenvalue weighted by Crippen LogP contribution is 2.24. The highest BCUT2D eigenvalue weighted by molar-refractivity contribution is 7.13. The molecule has 23 heavy (non-hydrogen) atoms. The lowest BCUT2D eigenvalue weighted by Gasteiger charge is -2.04. The molecule has 0 saturated carbocycles. The van der Waals surface area contributed by atoms with Gasteiger partial charge in [-0.25, -0.2) is 4.98 Å². The lowest BCUT2D eigenvalue weighted by atomic mass is 10.1. The first-order chi connectivity index (χ1) is 10.7. The number of rotatable bonds is 8. The van der Waals surface area contributed by atoms with Gasteiger partial charge >= 0.3 is 0 Å². The quantitative estimate of drug-likeness (QED) is 0.717. The van der Waals surface area contributed by atoms with Crippen molar-refractivity contribution in [1.82, 2.24) is 15.6 Å². The van der Waals surface area contributed by atoms with E-state index in [0.29, 0.717) is 13.0 Å². The van der Waals surface area contributed by atoms with Crippen LogP contribution in [0, 0.1) is 0 Å². The maximum atomic E-state index is 11.8. The van der Waals surface area contributed by atoms with Crippen molar-refractivity contribution < 1.29 is 4.79 Å². The van der Waals surface area contributed by atoms with Crippen molar-refractivity contribution in [3.8, 4) is 10.6 Å². The Morgan fingerprint density at radius 2 is 1.91 bits per heavy atom. The third kappa shape index (κ3) is 6.29. The number of hydrogen-bond donors (Lipinski definition) is 2. The molecule has 4 nitrogen and oxygen atoms in total. The molecule has 0 spiro atoms. The number of thiazole rings is 1. The summed E-state index contributed by atoms with van der Waals surface area (Å²) in [5, 5.41) is 9.00. The summed E-state index contributed by atoms with van der Waals surface area (Å²) < 4.78 is 0. The minimum absolute atomic E-state index is 0. The van der Waals surface area contributed by atoms with Gasteiger partial charge in [0.2, 0.25) is 5.91 Å². The number of benzene rings is 1. The van der Waals surface area contributed by atoms with Crippen LogP contribution in [0.15, 0.2) is 29.6 Å². The van der Waals surface area contributed by atoms with E-state index in [2.05, 4.69) is 46.8 Å². The van der Waals surface area contributed by atoms with Crippen LogP contribution in [0.5, 0.6) is 0 Å². The molecule has 126 valence electrons. The largest absolute Gasteiger partial charge is 0.354 e. The molecule has 0 radical (unpaired) electrons. The lowest BCUT2D eigenvalue weighted by molar-refractivity contribution is -0.120. The highest BCUT2D eigenvalue weighted by atomic mass is 35.5. The van der Waals surface area contributed by atoms with Crippen molar-refractivity contribution in [3.05, 3.63) is 40.9 Å². The molecule has 1 aromatic heterocycles. The van der Waals surface area contributed by atoms with E-state index in [9.17, 15) is 4.79 Å². The molecule has 0 aliphatic heterocycles. The number of carbonyl (C=O) groups excluding carboxylic acids is 1. The Morgan fingerprint density at radius 3 is 2.57 bits per heavy atom. The SMILES string of the molecule is CCNCCNC(=O)Cc1csc(-c2ccc(CC)cc2)n1.Cl. The molecule has 0 fully saturated rings. The minimum Gasteiger partial charge on any atom is -0.354 e. The third-order valence-corrected chi connectivity index (χ3v) is 4.32. The van der Waals surface area contributed by atoms with Crippen LogP contribution in [-0.4, -0.2) is 30.5 Å². The second-order valence-corrected chi connectivity index (χ2v) is 5.93. The summed E-state index contributed by atoms with van der Waals surface area (Å²) in [4.78, 5) is 16.4. The van der Waals surface area contributed by atoms with Crippen molar-refractivity contribution in [1.29, 1.82) is 0 Å². The number of aryl methyl sites for hydroxylation is 1. The summed E-state index contributed by atoms with van der Waals surface area (Å²) in [5.41, 5.74) is 3.27. The van der Waals surface area contributed by atoms with Crippen LogP contribution in [0.25, 0.3) is 10.6 Å². The maximum Gasteiger partial charge on any atom is 0.226 e. The van der Waals surface area contributed by atoms with Gasteiger partial charge in [-0.15, -0.1) is 23.7 Å². The molecular weight excluding hydrogens is 330 g/mol. The zero-order valence-corrected chi connectivity index (χ0v) is 15.2. The average Bonchev–Trinajstić information content (AvgIpc) is 3.00. The molecule has 0 aliphatic rings. The summed E-state index contributed by atoms with van der Waals surface area (Å²) in [6.07, 6.45) is 1.38. The first kappa shape index (κ1) is 19.6. The fourth-order valence-electron chi connectivity index (χ4n) is 2.10. The van der Waals surface area contributed by atoms with Crippen molar-refractivity contribution in [3.63, 3.8) is 0 Å². The summed E-state index contributed by atoms with van der Waals surface area (Å²) in [6.45, 7) is 6.56. The molecule has 1 amide bonds. The third-order valence-electron chi connectivity index (χ3n) is 3.38. The van der Waals surface area contributed by atoms with Crippen LogP contribution in [0.2, 0.25) is 0 Å². The number of carbonyl (C=O) groups is 1. The molecule has 2 rings (SSSR count). The second kappa shape index (κ2) is 10.4. The van der Waals surface area contributed by atoms with E-state index < -0.39 is 0 Å². The first-order valence-electron chi connectivity index (χ1n) is 7.74. The van der Waals surface area contributed by atoms with Crippen LogP contribution in [0.4, 0.5) is 0 Å². The summed E-state index contributed by atoms with van der Waals surface area (Å²) >= 11 is 1.59. The van der Waals surface area contributed by atoms with Gasteiger partial charge in [0.15, 0.2) is 0 Å². The summed E-state index contributed by atoms with van der Waals surface area (Å²) in [7, 11) is 0. The Bertz CT molecular complexity index is 598. The summed E-state index contributed by atoms with van der Waals surface area (Å²) in [5.74, 6) is 0.0242. The highest BCUT2D eigenvalue weighted by Gasteiger charge is 2.08. The number of aromatic nitrogens is 1. The van der Waals surface area contributed by atoms with E-state index in [1.54, 1.807) is 11.3 Å². The van der Waals surface area contributed by atoms with Gasteiger partial charge < -0.3 is 10.6 Å². The number of nitrogens with zero attached hydrogens (tertiary/aromatic N) is 1. The molecule has 0 saturated heterocycles. The molecule has 2 aromatic rings. The van der Waals surface area contributed by atoms with Crippen molar-refractivity contribution in [2.75, 3.05) is 19.6 Å². The molecule has 1 heterocycles. The maximum absolute atomic E-state index is 11.8. The van der Waals surface area contributed by atoms with E-state index >= 15 is 0 Å². The van der Waals surface area contributed by atoms with E-state index in [1.165, 1.54) is 5.56 Å². The zero-order chi connectivity index (χ0) is 15.8. The van der Waals surface area contributed by atoms with Gasteiger partial charge in [0.1, 0.15) is 5.01 Å². The standard InChI is InChI=1S/C17H23N3OS.ClH/c1-3-13-5-7-14(8-6-13)17-20-15(12-22-17)11-16(21)19-10-9-18-4-2;/h5-8,12,18H,3-4,9-11H2,1-2H3,(H,19,21);1H. The number of likely N-dealkylation sites (N-methyl/N-ethyl adjacent to an activating group) is 1. The molecule has 1 aromatic carbocycles. The molecule has 0 aliphatic carbocycles. The van der Waals surface area contributed by atoms with Crippen LogP contribution in [0.3, 0.4) is 0 Å². The molecule has 2 N–H and O–H groups in total. The van der Waals surface area contributed by atoms with Crippen molar-refractivity contribution in [2.24, 2.45) is 0 Å². The Balaban J connectivity index is 0.00000264. The number of amides is 1. The van der Waals surface area contributed by atoms with Crippen LogP contribution < -0.4 is 10.6 Å². The fraction of sp³-hybridized carbons (Fsp3) is 0.412. The van der Waals surface area contributed by atoms with Gasteiger partial charge in [-0.3, -0.25) is 4.79 Å². The Morgan fingerprint density at radius 1 is 1.17 bits per heavy atom. The Hall–Kier alpha value is -1.43. The van der Waals surface area contributed by atoms with Gasteiger partial charge in [0.25, 0.3) is 0 Å². The topological polar surface area (TPSA) is 54.0 Å². The second-order valence-electron chi connectivity index (χ2n) is 5.07. The fourth-order valence-corrected chi connectivity index (χ4v) is 2.92. The smallest absolute Gasteiger partial charge is 0.226 e. The zero-order valence-electron chi connectivity index (χ0n) is 13.6. The molecule has 0 unspecified atom stereocenters. The Kier molecular flexibility index (Phi) is 8.84. The van der Waals surface area contributed by atoms with Crippen molar-refractivity contribution >= 4 is 29.7 Å². The predicted molar refractivity (Wildman–Crippen MR) is 99.4 cm³/mol. The molecule has 6 heteroatoms. The van der Waals surface area contributed by atoms with Crippen LogP contribution in [-0.2, 0) is 17.6 Å². The molecular formula is C17H24ClN3OS. The van der Waals surface area contributed by atoms with E-state index in [1.807, 2.05) is 12.3 Å². The normalized spacial score (nSPS) is 10.2. The van der Waals surface area contributed by atoms with Crippen LogP contribution in [0.1, 0.15) is 25.1 Å². The van der Waals surface area contributed by atoms with Crippen molar-refractivity contribution in [2.45, 2.75) is 26.7 Å². The average molecular weight is 354 g/mol. The van der Waals surface area contributed by atoms with E-state index in [4.69, 9.17) is 0 Å². The molecule has 0 bridgehead atoms. The Labute approximate surface area is 148 Å².